The van der Waals surface area contributed by atoms with E-state index in [4.69, 9.17) is 4.74 Å². The molecule has 0 aromatic heterocycles. The highest BCUT2D eigenvalue weighted by molar-refractivity contribution is 9.10. The third kappa shape index (κ3) is 3.94. The van der Waals surface area contributed by atoms with E-state index >= 15 is 0 Å². The summed E-state index contributed by atoms with van der Waals surface area (Å²) in [5.74, 6) is -0.0954. The van der Waals surface area contributed by atoms with Gasteiger partial charge in [0, 0.05) is 5.56 Å². The second-order valence-electron chi connectivity index (χ2n) is 3.45. The Bertz CT molecular complexity index is 422. The Balaban J connectivity index is 3.06. The predicted octanol–water partition coefficient (Wildman–Crippen LogP) is 3.65. The number of ether oxygens (including phenoxy) is 2. The van der Waals surface area contributed by atoms with Crippen LogP contribution < -0.4 is 9.47 Å². The van der Waals surface area contributed by atoms with Gasteiger partial charge in [-0.1, -0.05) is 15.9 Å². The van der Waals surface area contributed by atoms with E-state index in [9.17, 15) is 13.6 Å². The topological polar surface area (TPSA) is 35.5 Å². The molecule has 0 aliphatic rings. The molecular weight excluding hydrogens is 310 g/mol. The van der Waals surface area contributed by atoms with E-state index in [0.717, 1.165) is 0 Å². The summed E-state index contributed by atoms with van der Waals surface area (Å²) in [4.78, 5) is 11.4. The van der Waals surface area contributed by atoms with Crippen LogP contribution in [-0.2, 0) is 0 Å². The van der Waals surface area contributed by atoms with Crippen LogP contribution in [-0.4, -0.2) is 23.8 Å². The summed E-state index contributed by atoms with van der Waals surface area (Å²) in [6, 6.07) is 4.14. The van der Waals surface area contributed by atoms with Gasteiger partial charge in [0.1, 0.15) is 0 Å². The van der Waals surface area contributed by atoms with E-state index in [1.165, 1.54) is 18.2 Å². The molecule has 0 saturated heterocycles. The lowest BCUT2D eigenvalue weighted by atomic mass is 10.1. The molecule has 1 atom stereocenters. The van der Waals surface area contributed by atoms with E-state index in [0.29, 0.717) is 12.2 Å². The molecule has 0 saturated carbocycles. The van der Waals surface area contributed by atoms with Crippen LogP contribution in [0.1, 0.15) is 24.2 Å². The second kappa shape index (κ2) is 6.68. The minimum Gasteiger partial charge on any atom is -0.490 e. The predicted molar refractivity (Wildman–Crippen MR) is 67.0 cm³/mol. The molecule has 0 aliphatic heterocycles. The minimum absolute atomic E-state index is 0.0781. The number of alkyl halides is 3. The van der Waals surface area contributed by atoms with Gasteiger partial charge in [0.25, 0.3) is 0 Å². The summed E-state index contributed by atoms with van der Waals surface area (Å²) in [5, 5.41) is 0. The Hall–Kier alpha value is -1.17. The molecule has 1 unspecified atom stereocenters. The standard InChI is InChI=1S/C12H13BrF2O3/c1-3-17-10-6-8(11(16)7(2)13)4-5-9(10)18-12(14)15/h4-7,12H,3H2,1-2H3. The van der Waals surface area contributed by atoms with E-state index < -0.39 is 6.61 Å². The van der Waals surface area contributed by atoms with Crippen molar-refractivity contribution in [1.82, 2.24) is 0 Å². The first-order valence-corrected chi connectivity index (χ1v) is 6.27. The largest absolute Gasteiger partial charge is 0.490 e. The summed E-state index contributed by atoms with van der Waals surface area (Å²) >= 11 is 3.16. The fraction of sp³-hybridized carbons (Fsp3) is 0.417. The first kappa shape index (κ1) is 14.9. The average molecular weight is 323 g/mol. The zero-order chi connectivity index (χ0) is 13.7. The lowest BCUT2D eigenvalue weighted by Gasteiger charge is -2.12. The fourth-order valence-corrected chi connectivity index (χ4v) is 1.62. The Morgan fingerprint density at radius 1 is 1.39 bits per heavy atom. The second-order valence-corrected chi connectivity index (χ2v) is 4.83. The van der Waals surface area contributed by atoms with Crippen LogP contribution >= 0.6 is 15.9 Å². The van der Waals surface area contributed by atoms with Gasteiger partial charge in [-0.2, -0.15) is 8.78 Å². The summed E-state index contributed by atoms with van der Waals surface area (Å²) < 4.78 is 33.8. The molecule has 100 valence electrons. The molecule has 3 nitrogen and oxygen atoms in total. The lowest BCUT2D eigenvalue weighted by molar-refractivity contribution is -0.0514. The number of carbonyl (C=O) groups is 1. The van der Waals surface area contributed by atoms with Gasteiger partial charge in [0.15, 0.2) is 17.3 Å². The van der Waals surface area contributed by atoms with Crippen molar-refractivity contribution in [3.63, 3.8) is 0 Å². The Kier molecular flexibility index (Phi) is 5.53. The molecule has 1 rings (SSSR count). The van der Waals surface area contributed by atoms with Crippen molar-refractivity contribution in [1.29, 1.82) is 0 Å². The molecule has 0 spiro atoms. The molecule has 0 bridgehead atoms. The number of rotatable bonds is 6. The van der Waals surface area contributed by atoms with Crippen molar-refractivity contribution in [2.24, 2.45) is 0 Å². The quantitative estimate of drug-likeness (QED) is 0.592. The number of benzene rings is 1. The number of ketones is 1. The number of Topliss-reactive ketones (excluding diaryl/α,β-unsaturated/α-hetero) is 1. The lowest BCUT2D eigenvalue weighted by Crippen LogP contribution is -2.11. The van der Waals surface area contributed by atoms with Crippen molar-refractivity contribution in [3.05, 3.63) is 23.8 Å². The van der Waals surface area contributed by atoms with E-state index in [1.807, 2.05) is 0 Å². The number of halogens is 3. The number of hydrogen-bond acceptors (Lipinski definition) is 3. The highest BCUT2D eigenvalue weighted by atomic mass is 79.9. The fourth-order valence-electron chi connectivity index (χ4n) is 1.35. The van der Waals surface area contributed by atoms with Crippen LogP contribution in [0.15, 0.2) is 18.2 Å². The molecule has 6 heteroatoms. The van der Waals surface area contributed by atoms with Gasteiger partial charge in [0.05, 0.1) is 11.4 Å². The third-order valence-electron chi connectivity index (χ3n) is 2.11. The zero-order valence-electron chi connectivity index (χ0n) is 9.95. The molecule has 18 heavy (non-hydrogen) atoms. The van der Waals surface area contributed by atoms with E-state index in [2.05, 4.69) is 20.7 Å². The minimum atomic E-state index is -2.93. The Morgan fingerprint density at radius 2 is 2.06 bits per heavy atom. The van der Waals surface area contributed by atoms with Gasteiger partial charge < -0.3 is 9.47 Å². The van der Waals surface area contributed by atoms with E-state index in [-0.39, 0.29) is 22.1 Å². The van der Waals surface area contributed by atoms with Crippen molar-refractivity contribution in [2.75, 3.05) is 6.61 Å². The van der Waals surface area contributed by atoms with Crippen molar-refractivity contribution in [2.45, 2.75) is 25.3 Å². The van der Waals surface area contributed by atoms with Gasteiger partial charge in [-0.05, 0) is 32.0 Å². The molecular formula is C12H13BrF2O3. The maximum atomic E-state index is 12.2. The van der Waals surface area contributed by atoms with Crippen LogP contribution in [0.2, 0.25) is 0 Å². The van der Waals surface area contributed by atoms with Crippen LogP contribution in [0.5, 0.6) is 11.5 Å². The van der Waals surface area contributed by atoms with Crippen LogP contribution in [0.3, 0.4) is 0 Å². The molecule has 1 aromatic carbocycles. The average Bonchev–Trinajstić information content (AvgIpc) is 2.30. The normalized spacial score (nSPS) is 12.3. The maximum Gasteiger partial charge on any atom is 0.387 e. The zero-order valence-corrected chi connectivity index (χ0v) is 11.5. The monoisotopic (exact) mass is 322 g/mol. The number of hydrogen-bond donors (Lipinski definition) is 0. The van der Waals surface area contributed by atoms with Gasteiger partial charge in [-0.25, -0.2) is 0 Å². The molecule has 0 heterocycles. The number of carbonyl (C=O) groups excluding carboxylic acids is 1. The van der Waals surface area contributed by atoms with Crippen LogP contribution in [0.4, 0.5) is 8.78 Å². The van der Waals surface area contributed by atoms with Gasteiger partial charge >= 0.3 is 6.61 Å². The molecule has 0 amide bonds. The molecule has 0 aliphatic carbocycles. The Morgan fingerprint density at radius 3 is 2.56 bits per heavy atom. The highest BCUT2D eigenvalue weighted by Gasteiger charge is 2.16. The maximum absolute atomic E-state index is 12.2. The summed E-state index contributed by atoms with van der Waals surface area (Å²) in [5.41, 5.74) is 0.379. The third-order valence-corrected chi connectivity index (χ3v) is 2.52. The Labute approximate surface area is 112 Å². The van der Waals surface area contributed by atoms with Crippen molar-refractivity contribution in [3.8, 4) is 11.5 Å². The molecule has 0 N–H and O–H groups in total. The van der Waals surface area contributed by atoms with Gasteiger partial charge in [-0.15, -0.1) is 0 Å². The van der Waals surface area contributed by atoms with Gasteiger partial charge in [0.2, 0.25) is 0 Å². The first-order chi connectivity index (χ1) is 8.45. The SMILES string of the molecule is CCOc1cc(C(=O)C(C)Br)ccc1OC(F)F. The van der Waals surface area contributed by atoms with Crippen molar-refractivity contribution < 1.29 is 23.0 Å². The summed E-state index contributed by atoms with van der Waals surface area (Å²) in [6.07, 6.45) is 0. The molecule has 0 radical (unpaired) electrons. The first-order valence-electron chi connectivity index (χ1n) is 5.35. The van der Waals surface area contributed by atoms with E-state index in [1.54, 1.807) is 13.8 Å². The van der Waals surface area contributed by atoms with Crippen LogP contribution in [0, 0.1) is 0 Å². The smallest absolute Gasteiger partial charge is 0.387 e. The van der Waals surface area contributed by atoms with Crippen molar-refractivity contribution >= 4 is 21.7 Å². The highest BCUT2D eigenvalue weighted by Crippen LogP contribution is 2.30. The summed E-state index contributed by atoms with van der Waals surface area (Å²) in [6.45, 7) is 0.766. The molecule has 0 fully saturated rings. The summed E-state index contributed by atoms with van der Waals surface area (Å²) in [7, 11) is 0. The molecule has 1 aromatic rings. The van der Waals surface area contributed by atoms with Crippen LogP contribution in [0.25, 0.3) is 0 Å². The van der Waals surface area contributed by atoms with Gasteiger partial charge in [-0.3, -0.25) is 4.79 Å².